The zero-order valence-corrected chi connectivity index (χ0v) is 15.3. The highest BCUT2D eigenvalue weighted by molar-refractivity contribution is 5.98. The molecule has 2 rings (SSSR count). The molecule has 0 aliphatic rings. The van der Waals surface area contributed by atoms with E-state index in [0.717, 1.165) is 16.7 Å². The average molecular weight is 350 g/mol. The first-order valence-electron chi connectivity index (χ1n) is 8.18. The van der Waals surface area contributed by atoms with Crippen LogP contribution in [-0.4, -0.2) is 18.4 Å². The molecule has 0 atom stereocenters. The number of carbonyl (C=O) groups is 2. The van der Waals surface area contributed by atoms with Crippen LogP contribution in [0.3, 0.4) is 0 Å². The number of Topliss-reactive ketones (excluding diaryl/α,β-unsaturated/α-hetero) is 1. The number of hydrogen-bond acceptors (Lipinski definition) is 4. The first kappa shape index (κ1) is 19.2. The molecule has 0 fully saturated rings. The number of ketones is 1. The van der Waals surface area contributed by atoms with Crippen molar-refractivity contribution in [1.82, 2.24) is 0 Å². The average Bonchev–Trinajstić information content (AvgIpc) is 2.60. The van der Waals surface area contributed by atoms with Gasteiger partial charge >= 0.3 is 5.97 Å². The molecule has 0 aliphatic carbocycles. The summed E-state index contributed by atoms with van der Waals surface area (Å²) in [7, 11) is 0. The first-order valence-corrected chi connectivity index (χ1v) is 8.18. The van der Waals surface area contributed by atoms with Crippen molar-refractivity contribution in [3.63, 3.8) is 0 Å². The summed E-state index contributed by atoms with van der Waals surface area (Å²) in [5.41, 5.74) is 3.50. The molecule has 0 saturated carbocycles. The molecule has 0 saturated heterocycles. The van der Waals surface area contributed by atoms with Gasteiger partial charge < -0.3 is 9.47 Å². The Morgan fingerprint density at radius 3 is 2.08 bits per heavy atom. The predicted octanol–water partition coefficient (Wildman–Crippen LogP) is 4.99. The van der Waals surface area contributed by atoms with Gasteiger partial charge in [0, 0.05) is 5.57 Å². The van der Waals surface area contributed by atoms with E-state index < -0.39 is 5.97 Å². The number of ether oxygens (including phenoxy) is 2. The van der Waals surface area contributed by atoms with Crippen molar-refractivity contribution >= 4 is 11.8 Å². The Kier molecular flexibility index (Phi) is 6.12. The molecular weight excluding hydrogens is 328 g/mol. The van der Waals surface area contributed by atoms with Crippen molar-refractivity contribution < 1.29 is 19.1 Å². The molecule has 0 amide bonds. The third-order valence-corrected chi connectivity index (χ3v) is 3.58. The van der Waals surface area contributed by atoms with Crippen LogP contribution in [0.25, 0.3) is 11.1 Å². The second-order valence-corrected chi connectivity index (χ2v) is 6.21. The van der Waals surface area contributed by atoms with Crippen LogP contribution in [0.2, 0.25) is 0 Å². The maximum Gasteiger partial charge on any atom is 0.338 e. The lowest BCUT2D eigenvalue weighted by atomic mass is 10.0. The van der Waals surface area contributed by atoms with E-state index in [1.165, 1.54) is 6.92 Å². The Bertz CT molecular complexity index is 860. The molecule has 134 valence electrons. The fraction of sp³-hybridized carbons (Fsp3) is 0.182. The van der Waals surface area contributed by atoms with Crippen LogP contribution in [-0.2, 0) is 4.79 Å². The lowest BCUT2D eigenvalue weighted by molar-refractivity contribution is -0.130. The first-order chi connectivity index (χ1) is 12.3. The SMILES string of the molecule is C=C(C)COc1ccc(-c2ccc(OC(=O)C(=C)C)cc2)cc1C(C)=O. The standard InChI is InChI=1S/C22H22O4/c1-14(2)13-25-21-11-8-18(12-20(21)16(5)23)17-6-9-19(10-7-17)26-22(24)15(3)4/h6-12H,1,3,13H2,2,4-5H3. The van der Waals surface area contributed by atoms with Crippen LogP contribution in [0.4, 0.5) is 0 Å². The van der Waals surface area contributed by atoms with Crippen LogP contribution < -0.4 is 9.47 Å². The van der Waals surface area contributed by atoms with Crippen molar-refractivity contribution in [3.05, 3.63) is 72.3 Å². The Balaban J connectivity index is 2.26. The molecule has 0 bridgehead atoms. The molecule has 0 heterocycles. The molecule has 0 N–H and O–H groups in total. The van der Waals surface area contributed by atoms with Gasteiger partial charge in [-0.25, -0.2) is 4.79 Å². The molecular formula is C22H22O4. The fourth-order valence-corrected chi connectivity index (χ4v) is 2.22. The summed E-state index contributed by atoms with van der Waals surface area (Å²) in [5.74, 6) is 0.442. The van der Waals surface area contributed by atoms with Crippen LogP contribution in [0, 0.1) is 0 Å². The third-order valence-electron chi connectivity index (χ3n) is 3.58. The quantitative estimate of drug-likeness (QED) is 0.232. The molecule has 26 heavy (non-hydrogen) atoms. The van der Waals surface area contributed by atoms with Gasteiger partial charge in [0.1, 0.15) is 18.1 Å². The number of rotatable bonds is 7. The zero-order chi connectivity index (χ0) is 19.3. The maximum absolute atomic E-state index is 12.0. The van der Waals surface area contributed by atoms with Crippen molar-refractivity contribution in [3.8, 4) is 22.6 Å². The summed E-state index contributed by atoms with van der Waals surface area (Å²) in [6.07, 6.45) is 0. The van der Waals surface area contributed by atoms with Gasteiger partial charge in [-0.2, -0.15) is 0 Å². The molecule has 0 radical (unpaired) electrons. The minimum atomic E-state index is -0.462. The van der Waals surface area contributed by atoms with E-state index in [4.69, 9.17) is 9.47 Å². The van der Waals surface area contributed by atoms with Crippen LogP contribution in [0.5, 0.6) is 11.5 Å². The number of hydrogen-bond donors (Lipinski definition) is 0. The van der Waals surface area contributed by atoms with E-state index in [0.29, 0.717) is 29.2 Å². The Morgan fingerprint density at radius 1 is 0.923 bits per heavy atom. The molecule has 0 unspecified atom stereocenters. The van der Waals surface area contributed by atoms with Crippen LogP contribution in [0.15, 0.2) is 66.8 Å². The van der Waals surface area contributed by atoms with Crippen molar-refractivity contribution in [2.45, 2.75) is 20.8 Å². The highest BCUT2D eigenvalue weighted by Crippen LogP contribution is 2.29. The zero-order valence-electron chi connectivity index (χ0n) is 15.3. The summed E-state index contributed by atoms with van der Waals surface area (Å²) < 4.78 is 10.8. The Hall–Kier alpha value is -3.14. The second kappa shape index (κ2) is 8.30. The van der Waals surface area contributed by atoms with Gasteiger partial charge in [0.25, 0.3) is 0 Å². The largest absolute Gasteiger partial charge is 0.489 e. The minimum absolute atomic E-state index is 0.0735. The molecule has 4 heteroatoms. The topological polar surface area (TPSA) is 52.6 Å². The minimum Gasteiger partial charge on any atom is -0.489 e. The molecule has 0 aromatic heterocycles. The molecule has 0 spiro atoms. The predicted molar refractivity (Wildman–Crippen MR) is 103 cm³/mol. The smallest absolute Gasteiger partial charge is 0.338 e. The lowest BCUT2D eigenvalue weighted by Crippen LogP contribution is -2.07. The normalized spacial score (nSPS) is 10.1. The maximum atomic E-state index is 12.0. The summed E-state index contributed by atoms with van der Waals surface area (Å²) in [6, 6.07) is 12.5. The third kappa shape index (κ3) is 4.93. The van der Waals surface area contributed by atoms with E-state index in [1.807, 2.05) is 25.1 Å². The Labute approximate surface area is 153 Å². The molecule has 2 aromatic rings. The lowest BCUT2D eigenvalue weighted by Gasteiger charge is -2.12. The van der Waals surface area contributed by atoms with Gasteiger partial charge in [-0.15, -0.1) is 0 Å². The van der Waals surface area contributed by atoms with Gasteiger partial charge in [0.05, 0.1) is 5.56 Å². The summed E-state index contributed by atoms with van der Waals surface area (Å²) in [6.45, 7) is 12.7. The van der Waals surface area contributed by atoms with E-state index >= 15 is 0 Å². The highest BCUT2D eigenvalue weighted by atomic mass is 16.5. The van der Waals surface area contributed by atoms with E-state index in [9.17, 15) is 9.59 Å². The van der Waals surface area contributed by atoms with E-state index in [1.54, 1.807) is 31.2 Å². The van der Waals surface area contributed by atoms with Gasteiger partial charge in [0.2, 0.25) is 0 Å². The summed E-state index contributed by atoms with van der Waals surface area (Å²) in [4.78, 5) is 23.5. The Morgan fingerprint density at radius 2 is 1.54 bits per heavy atom. The van der Waals surface area contributed by atoms with Crippen LogP contribution >= 0.6 is 0 Å². The van der Waals surface area contributed by atoms with Crippen molar-refractivity contribution in [2.75, 3.05) is 6.61 Å². The van der Waals surface area contributed by atoms with E-state index in [2.05, 4.69) is 13.2 Å². The second-order valence-electron chi connectivity index (χ2n) is 6.21. The van der Waals surface area contributed by atoms with Gasteiger partial charge in [-0.3, -0.25) is 4.79 Å². The molecule has 0 aliphatic heterocycles. The van der Waals surface area contributed by atoms with Gasteiger partial charge in [-0.1, -0.05) is 31.4 Å². The molecule has 2 aromatic carbocycles. The number of carbonyl (C=O) groups excluding carboxylic acids is 2. The fourth-order valence-electron chi connectivity index (χ4n) is 2.22. The van der Waals surface area contributed by atoms with E-state index in [-0.39, 0.29) is 5.78 Å². The summed E-state index contributed by atoms with van der Waals surface area (Å²) >= 11 is 0. The van der Waals surface area contributed by atoms with Crippen molar-refractivity contribution in [1.29, 1.82) is 0 Å². The van der Waals surface area contributed by atoms with Gasteiger partial charge in [0.15, 0.2) is 5.78 Å². The summed E-state index contributed by atoms with van der Waals surface area (Å²) in [5, 5.41) is 0. The number of esters is 1. The molecule has 4 nitrogen and oxygen atoms in total. The monoisotopic (exact) mass is 350 g/mol. The number of benzene rings is 2. The van der Waals surface area contributed by atoms with Crippen LogP contribution in [0.1, 0.15) is 31.1 Å². The highest BCUT2D eigenvalue weighted by Gasteiger charge is 2.11. The van der Waals surface area contributed by atoms with Gasteiger partial charge in [-0.05, 0) is 61.7 Å². The van der Waals surface area contributed by atoms with Crippen molar-refractivity contribution in [2.24, 2.45) is 0 Å².